The van der Waals surface area contributed by atoms with Gasteiger partial charge in [-0.3, -0.25) is 9.69 Å². The molecule has 1 unspecified atom stereocenters. The fraction of sp³-hybridized carbons (Fsp3) is 0.611. The van der Waals surface area contributed by atoms with E-state index in [1.54, 1.807) is 26.0 Å². The average Bonchev–Trinajstić information content (AvgIpc) is 3.00. The SMILES string of the molecule is CN1CCN2CCN(C(=O)c3ccc(C#CC(C)(C)O)o3)CC2C1. The lowest BCUT2D eigenvalue weighted by Crippen LogP contribution is -2.62. The zero-order valence-corrected chi connectivity index (χ0v) is 14.6. The quantitative estimate of drug-likeness (QED) is 0.758. The molecule has 0 aliphatic carbocycles. The van der Waals surface area contributed by atoms with Crippen molar-refractivity contribution in [2.75, 3.05) is 46.3 Å². The van der Waals surface area contributed by atoms with Gasteiger partial charge in [0.05, 0.1) is 0 Å². The maximum absolute atomic E-state index is 12.7. The van der Waals surface area contributed by atoms with Gasteiger partial charge in [-0.1, -0.05) is 5.92 Å². The van der Waals surface area contributed by atoms with Crippen LogP contribution in [0.5, 0.6) is 0 Å². The molecule has 1 amide bonds. The van der Waals surface area contributed by atoms with Gasteiger partial charge in [-0.2, -0.15) is 0 Å². The van der Waals surface area contributed by atoms with Crippen LogP contribution in [0, 0.1) is 11.8 Å². The summed E-state index contributed by atoms with van der Waals surface area (Å²) in [6, 6.07) is 3.73. The van der Waals surface area contributed by atoms with Crippen molar-refractivity contribution in [3.8, 4) is 11.8 Å². The number of aliphatic hydroxyl groups is 1. The molecule has 130 valence electrons. The maximum atomic E-state index is 12.7. The van der Waals surface area contributed by atoms with Crippen molar-refractivity contribution >= 4 is 5.91 Å². The normalized spacial score (nSPS) is 22.7. The van der Waals surface area contributed by atoms with Crippen molar-refractivity contribution in [2.24, 2.45) is 0 Å². The highest BCUT2D eigenvalue weighted by Gasteiger charge is 2.33. The van der Waals surface area contributed by atoms with Crippen LogP contribution in [0.4, 0.5) is 0 Å². The molecule has 6 heteroatoms. The number of nitrogens with zero attached hydrogens (tertiary/aromatic N) is 3. The molecular formula is C18H25N3O3. The Morgan fingerprint density at radius 1 is 1.25 bits per heavy atom. The van der Waals surface area contributed by atoms with Crippen LogP contribution >= 0.6 is 0 Å². The van der Waals surface area contributed by atoms with Gasteiger partial charge in [-0.25, -0.2) is 0 Å². The smallest absolute Gasteiger partial charge is 0.289 e. The lowest BCUT2D eigenvalue weighted by Gasteiger charge is -2.46. The van der Waals surface area contributed by atoms with Crippen LogP contribution < -0.4 is 0 Å². The first kappa shape index (κ1) is 17.0. The van der Waals surface area contributed by atoms with Crippen molar-refractivity contribution in [3.05, 3.63) is 23.7 Å². The number of rotatable bonds is 1. The summed E-state index contributed by atoms with van der Waals surface area (Å²) in [6.07, 6.45) is 0. The standard InChI is InChI=1S/C18H25N3O3/c1-18(2,23)7-6-15-4-5-16(24-15)17(22)21-11-10-20-9-8-19(3)12-14(20)13-21/h4-5,14,23H,8-13H2,1-3H3. The summed E-state index contributed by atoms with van der Waals surface area (Å²) in [5, 5.41) is 9.63. The second-order valence-electron chi connectivity index (χ2n) is 7.18. The summed E-state index contributed by atoms with van der Waals surface area (Å²) in [5.41, 5.74) is -1.08. The number of piperazine rings is 2. The molecule has 1 N–H and O–H groups in total. The Bertz CT molecular complexity index is 665. The number of fused-ring (bicyclic) bond motifs is 1. The molecule has 0 radical (unpaired) electrons. The topological polar surface area (TPSA) is 60.2 Å². The summed E-state index contributed by atoms with van der Waals surface area (Å²) in [4.78, 5) is 19.3. The third-order valence-electron chi connectivity index (χ3n) is 4.49. The minimum Gasteiger partial charge on any atom is -0.443 e. The monoisotopic (exact) mass is 331 g/mol. The van der Waals surface area contributed by atoms with Crippen molar-refractivity contribution in [1.29, 1.82) is 0 Å². The van der Waals surface area contributed by atoms with Gasteiger partial charge < -0.3 is 19.3 Å². The van der Waals surface area contributed by atoms with E-state index in [0.29, 0.717) is 17.6 Å². The Hall–Kier alpha value is -1.81. The second kappa shape index (κ2) is 6.60. The molecule has 1 atom stereocenters. The van der Waals surface area contributed by atoms with E-state index in [0.717, 1.165) is 39.3 Å². The molecule has 2 aliphatic rings. The Morgan fingerprint density at radius 3 is 2.75 bits per heavy atom. The molecular weight excluding hydrogens is 306 g/mol. The van der Waals surface area contributed by atoms with E-state index < -0.39 is 5.60 Å². The second-order valence-corrected chi connectivity index (χ2v) is 7.18. The molecule has 0 bridgehead atoms. The number of amides is 1. The highest BCUT2D eigenvalue weighted by Crippen LogP contribution is 2.18. The van der Waals surface area contributed by atoms with Crippen molar-refractivity contribution in [2.45, 2.75) is 25.5 Å². The van der Waals surface area contributed by atoms with E-state index >= 15 is 0 Å². The Kier molecular flexibility index (Phi) is 4.68. The van der Waals surface area contributed by atoms with Gasteiger partial charge in [0.25, 0.3) is 5.91 Å². The van der Waals surface area contributed by atoms with Gasteiger partial charge in [0.2, 0.25) is 0 Å². The highest BCUT2D eigenvalue weighted by molar-refractivity contribution is 5.91. The van der Waals surface area contributed by atoms with Gasteiger partial charge in [-0.15, -0.1) is 0 Å². The van der Waals surface area contributed by atoms with Gasteiger partial charge in [0.1, 0.15) is 5.60 Å². The zero-order chi connectivity index (χ0) is 17.3. The maximum Gasteiger partial charge on any atom is 0.289 e. The largest absolute Gasteiger partial charge is 0.443 e. The number of hydrogen-bond donors (Lipinski definition) is 1. The highest BCUT2D eigenvalue weighted by atomic mass is 16.4. The number of furan rings is 1. The number of likely N-dealkylation sites (N-methyl/N-ethyl adjacent to an activating group) is 1. The van der Waals surface area contributed by atoms with Crippen molar-refractivity contribution < 1.29 is 14.3 Å². The molecule has 2 fully saturated rings. The van der Waals surface area contributed by atoms with Gasteiger partial charge in [0.15, 0.2) is 11.5 Å². The van der Waals surface area contributed by atoms with E-state index in [2.05, 4.69) is 28.7 Å². The predicted octanol–water partition coefficient (Wildman–Crippen LogP) is 0.474. The Morgan fingerprint density at radius 2 is 2.00 bits per heavy atom. The van der Waals surface area contributed by atoms with Crippen molar-refractivity contribution in [1.82, 2.24) is 14.7 Å². The minimum absolute atomic E-state index is 0.0841. The zero-order valence-electron chi connectivity index (χ0n) is 14.6. The molecule has 1 aromatic heterocycles. The van der Waals surface area contributed by atoms with E-state index in [-0.39, 0.29) is 5.91 Å². The first-order valence-corrected chi connectivity index (χ1v) is 8.39. The molecule has 24 heavy (non-hydrogen) atoms. The van der Waals surface area contributed by atoms with Gasteiger partial charge in [0, 0.05) is 45.3 Å². The van der Waals surface area contributed by atoms with E-state index in [9.17, 15) is 9.90 Å². The van der Waals surface area contributed by atoms with E-state index in [1.807, 2.05) is 4.90 Å². The summed E-state index contributed by atoms with van der Waals surface area (Å²) in [5.74, 6) is 6.08. The predicted molar refractivity (Wildman–Crippen MR) is 90.6 cm³/mol. The molecule has 1 aromatic rings. The van der Waals surface area contributed by atoms with E-state index in [4.69, 9.17) is 4.42 Å². The van der Waals surface area contributed by atoms with Crippen LogP contribution in [-0.2, 0) is 0 Å². The number of hydrogen-bond acceptors (Lipinski definition) is 5. The van der Waals surface area contributed by atoms with Crippen LogP contribution in [-0.4, -0.2) is 83.7 Å². The first-order valence-electron chi connectivity index (χ1n) is 8.39. The van der Waals surface area contributed by atoms with Crippen LogP contribution in [0.3, 0.4) is 0 Å². The van der Waals surface area contributed by atoms with Gasteiger partial charge in [-0.05, 0) is 38.9 Å². The summed E-state index contributed by atoms with van der Waals surface area (Å²) in [6.45, 7) is 8.73. The lowest BCUT2D eigenvalue weighted by atomic mass is 10.1. The van der Waals surface area contributed by atoms with Crippen LogP contribution in [0.25, 0.3) is 0 Å². The third kappa shape index (κ3) is 3.99. The van der Waals surface area contributed by atoms with Crippen LogP contribution in [0.15, 0.2) is 16.5 Å². The molecule has 0 aromatic carbocycles. The molecule has 3 rings (SSSR count). The molecule has 0 spiro atoms. The molecule has 2 saturated heterocycles. The molecule has 2 aliphatic heterocycles. The third-order valence-corrected chi connectivity index (χ3v) is 4.49. The van der Waals surface area contributed by atoms with Crippen LogP contribution in [0.2, 0.25) is 0 Å². The van der Waals surface area contributed by atoms with Crippen LogP contribution in [0.1, 0.15) is 30.2 Å². The Labute approximate surface area is 143 Å². The number of carbonyl (C=O) groups excluding carboxylic acids is 1. The first-order chi connectivity index (χ1) is 11.3. The molecule has 6 nitrogen and oxygen atoms in total. The summed E-state index contributed by atoms with van der Waals surface area (Å²) < 4.78 is 5.55. The van der Waals surface area contributed by atoms with Crippen molar-refractivity contribution in [3.63, 3.8) is 0 Å². The number of carbonyl (C=O) groups is 1. The summed E-state index contributed by atoms with van der Waals surface area (Å²) >= 11 is 0. The Balaban J connectivity index is 1.66. The average molecular weight is 331 g/mol. The lowest BCUT2D eigenvalue weighted by molar-refractivity contribution is 0.0175. The summed E-state index contributed by atoms with van der Waals surface area (Å²) in [7, 11) is 2.12. The fourth-order valence-electron chi connectivity index (χ4n) is 3.19. The van der Waals surface area contributed by atoms with Gasteiger partial charge >= 0.3 is 0 Å². The molecule has 3 heterocycles. The fourth-order valence-corrected chi connectivity index (χ4v) is 3.19. The minimum atomic E-state index is -1.08. The molecule has 0 saturated carbocycles. The van der Waals surface area contributed by atoms with E-state index in [1.165, 1.54) is 0 Å².